The van der Waals surface area contributed by atoms with Gasteiger partial charge in [-0.3, -0.25) is 8.63 Å². The van der Waals surface area contributed by atoms with Crippen LogP contribution in [-0.2, 0) is 12.4 Å². The molecule has 0 N–H and O–H groups in total. The Morgan fingerprint density at radius 1 is 0.853 bits per heavy atom. The minimum atomic E-state index is -5.09. The lowest BCUT2D eigenvalue weighted by Crippen LogP contribution is -2.17. The number of thiophene rings is 2. The molecule has 0 radical (unpaired) electrons. The number of nitrogens with zero attached hydrogens (tertiary/aromatic N) is 2. The molecule has 1 aliphatic heterocycles. The molecule has 5 rings (SSSR count). The first kappa shape index (κ1) is 22.8. The average molecular weight is 516 g/mol. The Morgan fingerprint density at radius 2 is 1.50 bits per heavy atom. The minimum Gasteiger partial charge on any atom is -0.324 e. The van der Waals surface area contributed by atoms with Gasteiger partial charge >= 0.3 is 19.8 Å². The smallest absolute Gasteiger partial charge is 0.324 e. The molecule has 0 atom stereocenters. The van der Waals surface area contributed by atoms with Crippen LogP contribution >= 0.6 is 22.7 Å². The van der Waals surface area contributed by atoms with E-state index in [2.05, 4.69) is 4.99 Å². The van der Waals surface area contributed by atoms with Crippen molar-refractivity contribution in [3.8, 4) is 0 Å². The van der Waals surface area contributed by atoms with Crippen molar-refractivity contribution in [2.75, 3.05) is 0 Å². The summed E-state index contributed by atoms with van der Waals surface area (Å²) in [5.41, 5.74) is -3.96. The molecule has 34 heavy (non-hydrogen) atoms. The van der Waals surface area contributed by atoms with Gasteiger partial charge < -0.3 is 4.48 Å². The molecule has 0 fully saturated rings. The summed E-state index contributed by atoms with van der Waals surface area (Å²) >= 11 is 2.38. The maximum atomic E-state index is 14.1. The molecule has 13 heteroatoms. The van der Waals surface area contributed by atoms with Crippen molar-refractivity contribution in [2.45, 2.75) is 12.4 Å². The predicted molar refractivity (Wildman–Crippen MR) is 115 cm³/mol. The summed E-state index contributed by atoms with van der Waals surface area (Å²) < 4.78 is 111. The van der Waals surface area contributed by atoms with Gasteiger partial charge in [-0.15, -0.1) is 22.7 Å². The second-order valence-corrected chi connectivity index (χ2v) is 9.22. The molecule has 0 saturated heterocycles. The zero-order chi connectivity index (χ0) is 24.4. The Balaban J connectivity index is 1.88. The van der Waals surface area contributed by atoms with Gasteiger partial charge in [0.2, 0.25) is 0 Å². The molecular weight excluding hydrogens is 507 g/mol. The second kappa shape index (κ2) is 7.80. The van der Waals surface area contributed by atoms with Crippen LogP contribution in [0.3, 0.4) is 0 Å². The summed E-state index contributed by atoms with van der Waals surface area (Å²) in [4.78, 5) is 4.32. The lowest BCUT2D eigenvalue weighted by atomic mass is 9.94. The Kier molecular flexibility index (Phi) is 5.24. The molecule has 0 bridgehead atoms. The van der Waals surface area contributed by atoms with E-state index in [1.54, 1.807) is 16.8 Å². The molecule has 1 aromatic carbocycles. The number of rotatable bonds is 3. The number of hydrogen-bond acceptors (Lipinski definition) is 3. The van der Waals surface area contributed by atoms with Gasteiger partial charge in [-0.1, -0.05) is 0 Å². The van der Waals surface area contributed by atoms with Crippen molar-refractivity contribution >= 4 is 51.9 Å². The number of aromatic nitrogens is 1. The van der Waals surface area contributed by atoms with Crippen molar-refractivity contribution < 1.29 is 35.0 Å². The number of benzene rings is 1. The topological polar surface area (TPSA) is 17.3 Å². The highest BCUT2D eigenvalue weighted by Crippen LogP contribution is 2.41. The third kappa shape index (κ3) is 3.86. The van der Waals surface area contributed by atoms with Gasteiger partial charge in [0, 0.05) is 11.3 Å². The van der Waals surface area contributed by atoms with Gasteiger partial charge in [0.25, 0.3) is 0 Å². The van der Waals surface area contributed by atoms with Crippen molar-refractivity contribution in [2.24, 2.45) is 4.99 Å². The maximum Gasteiger partial charge on any atom is 0.678 e. The van der Waals surface area contributed by atoms with Gasteiger partial charge in [0.15, 0.2) is 0 Å². The summed E-state index contributed by atoms with van der Waals surface area (Å²) in [5, 5.41) is 3.73. The summed E-state index contributed by atoms with van der Waals surface area (Å²) in [6, 6.07) is 5.44. The molecule has 0 amide bonds. The van der Waals surface area contributed by atoms with Gasteiger partial charge in [-0.25, -0.2) is 4.99 Å². The Morgan fingerprint density at radius 3 is 2.09 bits per heavy atom. The van der Waals surface area contributed by atoms with E-state index in [9.17, 15) is 35.0 Å². The fourth-order valence-corrected chi connectivity index (χ4v) is 5.37. The molecular formula is C21H9BF8N2S2. The van der Waals surface area contributed by atoms with E-state index in [4.69, 9.17) is 0 Å². The highest BCUT2D eigenvalue weighted by molar-refractivity contribution is 7.17. The highest BCUT2D eigenvalue weighted by atomic mass is 32.1. The first-order valence-electron chi connectivity index (χ1n) is 9.48. The van der Waals surface area contributed by atoms with Crippen LogP contribution in [0, 0.1) is 0 Å². The van der Waals surface area contributed by atoms with Crippen LogP contribution in [0.2, 0.25) is 0 Å². The molecule has 4 aromatic rings. The van der Waals surface area contributed by atoms with Gasteiger partial charge in [-0.05, 0) is 58.8 Å². The monoisotopic (exact) mass is 516 g/mol. The third-order valence-electron chi connectivity index (χ3n) is 5.23. The fraction of sp³-hybridized carbons (Fsp3) is 0.0952. The highest BCUT2D eigenvalue weighted by Gasteiger charge is 2.38. The van der Waals surface area contributed by atoms with Crippen molar-refractivity contribution in [3.05, 3.63) is 85.1 Å². The van der Waals surface area contributed by atoms with Gasteiger partial charge in [0.05, 0.1) is 36.9 Å². The van der Waals surface area contributed by atoms with Gasteiger partial charge in [0.1, 0.15) is 0 Å². The molecule has 0 aliphatic carbocycles. The van der Waals surface area contributed by atoms with Crippen LogP contribution in [0.5, 0.6) is 0 Å². The molecule has 0 spiro atoms. The van der Waals surface area contributed by atoms with Crippen molar-refractivity contribution in [3.63, 3.8) is 0 Å². The molecule has 2 nitrogen and oxygen atoms in total. The second-order valence-electron chi connectivity index (χ2n) is 7.33. The van der Waals surface area contributed by atoms with E-state index in [1.807, 2.05) is 0 Å². The van der Waals surface area contributed by atoms with E-state index >= 15 is 0 Å². The van der Waals surface area contributed by atoms with E-state index in [-0.39, 0.29) is 28.5 Å². The first-order valence-corrected chi connectivity index (χ1v) is 11.2. The molecule has 0 saturated carbocycles. The zero-order valence-corrected chi connectivity index (χ0v) is 18.1. The van der Waals surface area contributed by atoms with Crippen LogP contribution in [0.1, 0.15) is 22.4 Å². The van der Waals surface area contributed by atoms with Crippen LogP contribution in [0.15, 0.2) is 57.8 Å². The standard InChI is InChI=1S/C21H9BF8N2S2/c23-20(24,25)11-5-10(6-12(7-11)21(26,27)28)19(14-8-17-13(31-14)1-3-33-17)16-9-18-15(2-4-34-18)32(16)22(29)30/h1-9H/b19-14-. The number of hydrogen-bond donors (Lipinski definition) is 0. The first-order chi connectivity index (χ1) is 15.9. The quantitative estimate of drug-likeness (QED) is 0.220. The van der Waals surface area contributed by atoms with Crippen molar-refractivity contribution in [1.82, 2.24) is 4.48 Å². The van der Waals surface area contributed by atoms with Crippen LogP contribution in [0.4, 0.5) is 35.0 Å². The Hall–Kier alpha value is -2.93. The minimum absolute atomic E-state index is 0.00125. The molecule has 0 unspecified atom stereocenters. The predicted octanol–water partition coefficient (Wildman–Crippen LogP) is 6.45. The van der Waals surface area contributed by atoms with E-state index in [0.29, 0.717) is 31.2 Å². The maximum absolute atomic E-state index is 14.1. The zero-order valence-electron chi connectivity index (χ0n) is 16.5. The Bertz CT molecular complexity index is 1510. The van der Waals surface area contributed by atoms with E-state index in [1.165, 1.54) is 29.5 Å². The third-order valence-corrected chi connectivity index (χ3v) is 6.93. The van der Waals surface area contributed by atoms with Gasteiger partial charge in [-0.2, -0.15) is 26.3 Å². The van der Waals surface area contributed by atoms with Crippen LogP contribution in [-0.4, -0.2) is 11.9 Å². The average Bonchev–Trinajstić information content (AvgIpc) is 3.47. The molecule has 4 heterocycles. The number of halogens is 8. The Labute approximate surface area is 194 Å². The molecule has 1 aliphatic rings. The van der Waals surface area contributed by atoms with Crippen LogP contribution < -0.4 is 9.89 Å². The molecule has 174 valence electrons. The molecule has 3 aromatic heterocycles. The van der Waals surface area contributed by atoms with E-state index in [0.717, 1.165) is 11.3 Å². The van der Waals surface area contributed by atoms with E-state index < -0.39 is 36.4 Å². The largest absolute Gasteiger partial charge is 0.678 e. The number of allylic oxidation sites excluding steroid dienone is 1. The lowest BCUT2D eigenvalue weighted by molar-refractivity contribution is -0.143. The summed E-state index contributed by atoms with van der Waals surface area (Å²) in [6.45, 7) is 0. The normalized spacial score (nSPS) is 15.3. The lowest BCUT2D eigenvalue weighted by Gasteiger charge is -2.18. The summed E-state index contributed by atoms with van der Waals surface area (Å²) in [7, 11) is -3.10. The summed E-state index contributed by atoms with van der Waals surface area (Å²) in [5.74, 6) is 0. The summed E-state index contributed by atoms with van der Waals surface area (Å²) in [6.07, 6.45) is -8.71. The number of alkyl halides is 6. The number of fused-ring (bicyclic) bond motifs is 2. The fourth-order valence-electron chi connectivity index (χ4n) is 3.80. The SMILES string of the molecule is FB(F)n1c(/C(=C2/C=c3sccc3=N2)c2cc(C(F)(F)F)cc(C(F)(F)F)c2)cc2sccc21. The van der Waals surface area contributed by atoms with Crippen molar-refractivity contribution in [1.29, 1.82) is 0 Å². The van der Waals surface area contributed by atoms with Crippen LogP contribution in [0.25, 0.3) is 21.9 Å².